The van der Waals surface area contributed by atoms with E-state index < -0.39 is 23.9 Å². The molecule has 53 heavy (non-hydrogen) atoms. The monoisotopic (exact) mass is 712 g/mol. The summed E-state index contributed by atoms with van der Waals surface area (Å²) in [6.07, 6.45) is 9.08. The van der Waals surface area contributed by atoms with Crippen molar-refractivity contribution in [1.29, 1.82) is 0 Å². The average molecular weight is 713 g/mol. The van der Waals surface area contributed by atoms with Gasteiger partial charge in [0.2, 0.25) is 0 Å². The molecule has 0 saturated heterocycles. The zero-order valence-electron chi connectivity index (χ0n) is 30.4. The maximum Gasteiger partial charge on any atom is 0.338 e. The van der Waals surface area contributed by atoms with E-state index in [2.05, 4.69) is 38.2 Å². The highest BCUT2D eigenvalue weighted by Gasteiger charge is 2.22. The maximum atomic E-state index is 12.7. The molecule has 3 rings (SSSR count). The van der Waals surface area contributed by atoms with E-state index in [4.69, 9.17) is 23.7 Å². The molecule has 9 heteroatoms. The number of ether oxygens (including phenoxy) is 5. The van der Waals surface area contributed by atoms with Crippen molar-refractivity contribution in [2.24, 2.45) is 0 Å². The summed E-state index contributed by atoms with van der Waals surface area (Å²) in [5.41, 5.74) is 5.13. The Kier molecular flexibility index (Phi) is 14.9. The fraction of sp³-hybridized carbons (Fsp3) is 0.136. The highest BCUT2D eigenvalue weighted by molar-refractivity contribution is 5.91. The Hall–Kier alpha value is -6.92. The van der Waals surface area contributed by atoms with Gasteiger partial charge in [-0.05, 0) is 81.7 Å². The molecule has 0 amide bonds. The lowest BCUT2D eigenvalue weighted by atomic mass is 10.0. The van der Waals surface area contributed by atoms with Crippen LogP contribution in [0.5, 0.6) is 11.5 Å². The van der Waals surface area contributed by atoms with Crippen LogP contribution in [0.3, 0.4) is 0 Å². The van der Waals surface area contributed by atoms with E-state index >= 15 is 0 Å². The Morgan fingerprint density at radius 2 is 1.04 bits per heavy atom. The lowest BCUT2D eigenvalue weighted by Gasteiger charge is -2.18. The predicted molar refractivity (Wildman–Crippen MR) is 205 cm³/mol. The minimum atomic E-state index is -0.662. The van der Waals surface area contributed by atoms with Gasteiger partial charge in [-0.1, -0.05) is 74.6 Å². The summed E-state index contributed by atoms with van der Waals surface area (Å²) in [6.45, 7) is 22.3. The second-order valence-corrected chi connectivity index (χ2v) is 11.8. The summed E-state index contributed by atoms with van der Waals surface area (Å²) in [6, 6.07) is 16.0. The van der Waals surface area contributed by atoms with E-state index in [0.29, 0.717) is 22.3 Å². The lowest BCUT2D eigenvalue weighted by Crippen LogP contribution is -2.14. The molecule has 9 nitrogen and oxygen atoms in total. The first kappa shape index (κ1) is 40.5. The third-order valence-electron chi connectivity index (χ3n) is 7.05. The van der Waals surface area contributed by atoms with E-state index in [9.17, 15) is 19.2 Å². The van der Waals surface area contributed by atoms with Gasteiger partial charge in [0, 0.05) is 45.0 Å². The Balaban J connectivity index is 1.91. The molecule has 0 radical (unpaired) electrons. The summed E-state index contributed by atoms with van der Waals surface area (Å²) in [5.74, 6) is 4.03. The van der Waals surface area contributed by atoms with Crippen molar-refractivity contribution >= 4 is 42.1 Å². The van der Waals surface area contributed by atoms with Gasteiger partial charge in [0.25, 0.3) is 0 Å². The zero-order valence-corrected chi connectivity index (χ0v) is 30.4. The van der Waals surface area contributed by atoms with E-state index in [-0.39, 0.29) is 40.4 Å². The number of benzene rings is 3. The van der Waals surface area contributed by atoms with Crippen molar-refractivity contribution in [3.63, 3.8) is 0 Å². The van der Waals surface area contributed by atoms with Crippen LogP contribution in [0.2, 0.25) is 0 Å². The Labute approximate surface area is 309 Å². The molecule has 0 fully saturated rings. The van der Waals surface area contributed by atoms with Crippen molar-refractivity contribution in [2.75, 3.05) is 0 Å². The molecule has 0 aliphatic rings. The largest absolute Gasteiger partial charge is 0.496 e. The third-order valence-corrected chi connectivity index (χ3v) is 7.05. The first-order valence-electron chi connectivity index (χ1n) is 16.1. The number of hydrogen-bond donors (Lipinski definition) is 0. The van der Waals surface area contributed by atoms with E-state index in [1.807, 2.05) is 24.3 Å². The van der Waals surface area contributed by atoms with Crippen LogP contribution in [0.15, 0.2) is 122 Å². The molecule has 3 aromatic carbocycles. The van der Waals surface area contributed by atoms with E-state index in [1.165, 1.54) is 38.7 Å². The van der Waals surface area contributed by atoms with Gasteiger partial charge in [-0.15, -0.1) is 0 Å². The minimum Gasteiger partial charge on any atom is -0.496 e. The molecule has 0 atom stereocenters. The van der Waals surface area contributed by atoms with Crippen molar-refractivity contribution in [3.05, 3.63) is 161 Å². The Morgan fingerprint density at radius 1 is 0.604 bits per heavy atom. The van der Waals surface area contributed by atoms with Gasteiger partial charge in [-0.2, -0.15) is 0 Å². The quantitative estimate of drug-likeness (QED) is 0.0532. The van der Waals surface area contributed by atoms with Crippen LogP contribution in [0.1, 0.15) is 66.6 Å². The van der Waals surface area contributed by atoms with Gasteiger partial charge in [-0.3, -0.25) is 0 Å². The van der Waals surface area contributed by atoms with Crippen LogP contribution in [-0.4, -0.2) is 23.9 Å². The van der Waals surface area contributed by atoms with Crippen LogP contribution in [0.4, 0.5) is 0 Å². The predicted octanol–water partition coefficient (Wildman–Crippen LogP) is 8.73. The van der Waals surface area contributed by atoms with Crippen molar-refractivity contribution in [1.82, 2.24) is 0 Å². The van der Waals surface area contributed by atoms with Gasteiger partial charge >= 0.3 is 23.9 Å². The molecule has 0 unspecified atom stereocenters. The molecule has 0 spiro atoms. The average Bonchev–Trinajstić information content (AvgIpc) is 3.12. The molecule has 0 N–H and O–H groups in total. The first-order valence-corrected chi connectivity index (χ1v) is 16.1. The molecule has 0 heterocycles. The number of rotatable bonds is 14. The van der Waals surface area contributed by atoms with Crippen LogP contribution < -0.4 is 9.47 Å². The summed E-state index contributed by atoms with van der Waals surface area (Å²) in [7, 11) is 0. The smallest absolute Gasteiger partial charge is 0.338 e. The third kappa shape index (κ3) is 12.7. The second-order valence-electron chi connectivity index (χ2n) is 11.8. The highest BCUT2D eigenvalue weighted by Crippen LogP contribution is 2.35. The summed E-state index contributed by atoms with van der Waals surface area (Å²) in [4.78, 5) is 48.6. The normalized spacial score (nSPS) is 10.7. The van der Waals surface area contributed by atoms with Gasteiger partial charge in [0.1, 0.15) is 18.1 Å². The second kappa shape index (κ2) is 19.5. The van der Waals surface area contributed by atoms with Crippen molar-refractivity contribution < 1.29 is 42.9 Å². The zero-order chi connectivity index (χ0) is 39.1. The number of esters is 4. The minimum absolute atomic E-state index is 0.0575. The highest BCUT2D eigenvalue weighted by atomic mass is 16.5. The Bertz CT molecular complexity index is 2100. The van der Waals surface area contributed by atoms with Crippen LogP contribution in [-0.2, 0) is 40.0 Å². The van der Waals surface area contributed by atoms with Gasteiger partial charge < -0.3 is 23.7 Å². The maximum absolute atomic E-state index is 12.7. The summed E-state index contributed by atoms with van der Waals surface area (Å²) < 4.78 is 27.3. The van der Waals surface area contributed by atoms with Crippen LogP contribution in [0, 0.1) is 18.8 Å². The molecule has 270 valence electrons. The molecular weight excluding hydrogens is 672 g/mol. The lowest BCUT2D eigenvalue weighted by molar-refractivity contribution is -0.134. The van der Waals surface area contributed by atoms with Gasteiger partial charge in [-0.25, -0.2) is 19.2 Å². The molecule has 0 aliphatic heterocycles. The summed E-state index contributed by atoms with van der Waals surface area (Å²) >= 11 is 0. The fourth-order valence-electron chi connectivity index (χ4n) is 4.01. The van der Waals surface area contributed by atoms with Crippen molar-refractivity contribution in [3.8, 4) is 23.3 Å². The number of carbonyl (C=O) groups is 4. The van der Waals surface area contributed by atoms with E-state index in [0.717, 1.165) is 16.7 Å². The summed E-state index contributed by atoms with van der Waals surface area (Å²) in [5, 5.41) is 0. The number of hydrogen-bond acceptors (Lipinski definition) is 9. The SMILES string of the molecule is C=C(C)C(=O)O/C=C/c1ccc(C#Cc2cc(OC(=O)C(=C)C)c(CO/C=C/c3ccc(/C=C/OC(=O)C(=C)C)cc3)c(C)c2OC(=O)C(=C)C)cc1. The van der Waals surface area contributed by atoms with Gasteiger partial charge in [0.05, 0.1) is 24.3 Å². The van der Waals surface area contributed by atoms with Crippen LogP contribution in [0.25, 0.3) is 18.2 Å². The van der Waals surface area contributed by atoms with Gasteiger partial charge in [0.15, 0.2) is 0 Å². The van der Waals surface area contributed by atoms with E-state index in [1.54, 1.807) is 63.3 Å². The first-order chi connectivity index (χ1) is 25.2. The molecular formula is C44H40O9. The standard InChI is InChI=1S/C44H40O9/c1-28(2)41(45)50-24-21-35-12-10-33(11-13-35)18-19-37-26-39(52-43(47)30(5)6)38(32(9)40(37)53-44(48)31(7)8)27-49-23-20-34-14-16-36(17-15-34)22-25-51-42(46)29(3)4/h10-17,20-26H,1,3,5,7,27H2,2,4,6,8-9H3/b23-20+,24-21+,25-22+. The molecule has 0 bridgehead atoms. The van der Waals surface area contributed by atoms with Crippen LogP contribution >= 0.6 is 0 Å². The molecule has 0 saturated carbocycles. The topological polar surface area (TPSA) is 114 Å². The Morgan fingerprint density at radius 3 is 1.51 bits per heavy atom. The molecule has 0 aromatic heterocycles. The molecule has 0 aliphatic carbocycles. The molecule has 3 aromatic rings. The van der Waals surface area contributed by atoms with Crippen molar-refractivity contribution in [2.45, 2.75) is 41.2 Å². The fourth-order valence-corrected chi connectivity index (χ4v) is 4.01. The number of carbonyl (C=O) groups excluding carboxylic acids is 4.